The summed E-state index contributed by atoms with van der Waals surface area (Å²) in [6.45, 7) is 5.19. The van der Waals surface area contributed by atoms with Gasteiger partial charge in [0.25, 0.3) is 0 Å². The van der Waals surface area contributed by atoms with Crippen LogP contribution in [-0.2, 0) is 24.1 Å². The minimum atomic E-state index is -0.371. The second-order valence-corrected chi connectivity index (χ2v) is 7.71. The number of aliphatic hydroxyl groups excluding tert-OH is 1. The Morgan fingerprint density at radius 3 is 3.00 bits per heavy atom. The van der Waals surface area contributed by atoms with Gasteiger partial charge >= 0.3 is 0 Å². The van der Waals surface area contributed by atoms with Gasteiger partial charge in [-0.05, 0) is 63.1 Å². The molecule has 136 valence electrons. The molecule has 2 N–H and O–H groups in total. The number of fused-ring (bicyclic) bond motifs is 3. The van der Waals surface area contributed by atoms with Gasteiger partial charge in [-0.1, -0.05) is 11.6 Å². The van der Waals surface area contributed by atoms with Gasteiger partial charge < -0.3 is 19.7 Å². The largest absolute Gasteiger partial charge is 0.390 e. The maximum absolute atomic E-state index is 10.6. The smallest absolute Gasteiger partial charge is 0.0843 e. The number of aromatic nitrogens is 1. The van der Waals surface area contributed by atoms with Crippen LogP contribution >= 0.6 is 0 Å². The van der Waals surface area contributed by atoms with Gasteiger partial charge in [-0.2, -0.15) is 0 Å². The third-order valence-corrected chi connectivity index (χ3v) is 5.70. The highest BCUT2D eigenvalue weighted by molar-refractivity contribution is 5.86. The first-order valence-corrected chi connectivity index (χ1v) is 9.83. The summed E-state index contributed by atoms with van der Waals surface area (Å²) in [7, 11) is 0. The third-order valence-electron chi connectivity index (χ3n) is 5.70. The fraction of sp³-hybridized carbons (Fsp3) is 0.619. The van der Waals surface area contributed by atoms with Gasteiger partial charge in [0.15, 0.2) is 0 Å². The first-order chi connectivity index (χ1) is 12.2. The summed E-state index contributed by atoms with van der Waals surface area (Å²) in [4.78, 5) is 0. The van der Waals surface area contributed by atoms with Crippen LogP contribution < -0.4 is 5.32 Å². The molecule has 1 aromatic carbocycles. The molecule has 2 atom stereocenters. The summed E-state index contributed by atoms with van der Waals surface area (Å²) < 4.78 is 8.01. The molecule has 2 aliphatic rings. The van der Waals surface area contributed by atoms with Crippen molar-refractivity contribution in [2.75, 3.05) is 19.7 Å². The lowest BCUT2D eigenvalue weighted by Gasteiger charge is -2.19. The van der Waals surface area contributed by atoms with Crippen LogP contribution in [0, 0.1) is 6.92 Å². The minimum absolute atomic E-state index is 0.329. The van der Waals surface area contributed by atoms with Crippen molar-refractivity contribution in [1.29, 1.82) is 0 Å². The predicted octanol–water partition coefficient (Wildman–Crippen LogP) is 2.96. The van der Waals surface area contributed by atoms with E-state index in [4.69, 9.17) is 4.74 Å². The molecule has 1 aliphatic heterocycles. The van der Waals surface area contributed by atoms with Crippen molar-refractivity contribution >= 4 is 10.9 Å². The highest BCUT2D eigenvalue weighted by Gasteiger charge is 2.21. The molecular formula is C21H30N2O2. The van der Waals surface area contributed by atoms with E-state index >= 15 is 0 Å². The van der Waals surface area contributed by atoms with Gasteiger partial charge in [0.05, 0.1) is 18.8 Å². The third kappa shape index (κ3) is 3.62. The van der Waals surface area contributed by atoms with Crippen molar-refractivity contribution in [2.24, 2.45) is 0 Å². The van der Waals surface area contributed by atoms with Crippen LogP contribution in [0.4, 0.5) is 0 Å². The van der Waals surface area contributed by atoms with Crippen molar-refractivity contribution in [3.05, 3.63) is 35.0 Å². The molecular weight excluding hydrogens is 312 g/mol. The normalized spacial score (nSPS) is 21.6. The fourth-order valence-corrected chi connectivity index (χ4v) is 4.45. The second kappa shape index (κ2) is 7.48. The van der Waals surface area contributed by atoms with Gasteiger partial charge in [0.1, 0.15) is 0 Å². The molecule has 0 bridgehead atoms. The summed E-state index contributed by atoms with van der Waals surface area (Å²) in [5, 5.41) is 15.4. The quantitative estimate of drug-likeness (QED) is 0.848. The van der Waals surface area contributed by atoms with Crippen LogP contribution in [0.5, 0.6) is 0 Å². The van der Waals surface area contributed by atoms with Gasteiger partial charge in [-0.3, -0.25) is 0 Å². The highest BCUT2D eigenvalue weighted by atomic mass is 16.5. The van der Waals surface area contributed by atoms with Gasteiger partial charge in [-0.15, -0.1) is 0 Å². The summed E-state index contributed by atoms with van der Waals surface area (Å²) >= 11 is 0. The topological polar surface area (TPSA) is 46.4 Å². The number of hydrogen-bond acceptors (Lipinski definition) is 3. The molecule has 1 fully saturated rings. The van der Waals surface area contributed by atoms with E-state index in [0.717, 1.165) is 32.4 Å². The number of nitrogens with one attached hydrogen (secondary N) is 1. The zero-order valence-electron chi connectivity index (χ0n) is 15.3. The number of hydrogen-bond donors (Lipinski definition) is 2. The van der Waals surface area contributed by atoms with Crippen LogP contribution in [0.25, 0.3) is 10.9 Å². The van der Waals surface area contributed by atoms with Crippen molar-refractivity contribution in [2.45, 2.75) is 64.2 Å². The zero-order valence-corrected chi connectivity index (χ0v) is 15.3. The van der Waals surface area contributed by atoms with E-state index in [0.29, 0.717) is 19.2 Å². The standard InChI is InChI=1S/C21H30N2O2/c1-15-8-9-21-19(11-15)18-6-2-3-7-20(18)23(21)14-16(24)12-22-13-17-5-4-10-25-17/h8-9,11,16-17,22,24H,2-7,10,12-14H2,1H3/t16-,17+/m1/s1. The van der Waals surface area contributed by atoms with Crippen LogP contribution in [0.3, 0.4) is 0 Å². The van der Waals surface area contributed by atoms with Crippen molar-refractivity contribution in [3.8, 4) is 0 Å². The first kappa shape index (κ1) is 17.1. The highest BCUT2D eigenvalue weighted by Crippen LogP contribution is 2.33. The Labute approximate surface area is 150 Å². The van der Waals surface area contributed by atoms with E-state index in [9.17, 15) is 5.11 Å². The van der Waals surface area contributed by atoms with Crippen molar-refractivity contribution in [1.82, 2.24) is 9.88 Å². The monoisotopic (exact) mass is 342 g/mol. The Balaban J connectivity index is 1.48. The van der Waals surface area contributed by atoms with Gasteiger partial charge in [0, 0.05) is 36.3 Å². The molecule has 1 aromatic heterocycles. The average molecular weight is 342 g/mol. The number of ether oxygens (including phenoxy) is 1. The molecule has 4 heteroatoms. The van der Waals surface area contributed by atoms with Crippen molar-refractivity contribution in [3.63, 3.8) is 0 Å². The molecule has 25 heavy (non-hydrogen) atoms. The Morgan fingerprint density at radius 1 is 1.28 bits per heavy atom. The van der Waals surface area contributed by atoms with E-state index < -0.39 is 0 Å². The molecule has 2 aromatic rings. The molecule has 0 amide bonds. The lowest BCUT2D eigenvalue weighted by molar-refractivity contribution is 0.101. The summed E-state index contributed by atoms with van der Waals surface area (Å²) in [5.74, 6) is 0. The van der Waals surface area contributed by atoms with E-state index in [1.807, 2.05) is 0 Å². The average Bonchev–Trinajstić information content (AvgIpc) is 3.22. The Bertz CT molecular complexity index is 731. The SMILES string of the molecule is Cc1ccc2c(c1)c1c(n2C[C@H](O)CNC[C@@H]2CCCO2)CCCC1. The number of aliphatic hydroxyl groups is 1. The first-order valence-electron chi connectivity index (χ1n) is 9.83. The number of benzene rings is 1. The van der Waals surface area contributed by atoms with E-state index in [1.165, 1.54) is 47.0 Å². The molecule has 0 saturated carbocycles. The molecule has 4 nitrogen and oxygen atoms in total. The molecule has 0 unspecified atom stereocenters. The zero-order chi connectivity index (χ0) is 17.2. The predicted molar refractivity (Wildman–Crippen MR) is 101 cm³/mol. The maximum Gasteiger partial charge on any atom is 0.0843 e. The molecule has 1 saturated heterocycles. The maximum atomic E-state index is 10.6. The van der Waals surface area contributed by atoms with Gasteiger partial charge in [0.2, 0.25) is 0 Å². The number of rotatable bonds is 6. The van der Waals surface area contributed by atoms with Crippen LogP contribution in [0.1, 0.15) is 42.5 Å². The van der Waals surface area contributed by atoms with E-state index in [-0.39, 0.29) is 6.10 Å². The summed E-state index contributed by atoms with van der Waals surface area (Å²) in [6, 6.07) is 6.74. The Kier molecular flexibility index (Phi) is 5.11. The van der Waals surface area contributed by atoms with Crippen LogP contribution in [0.2, 0.25) is 0 Å². The lowest BCUT2D eigenvalue weighted by Crippen LogP contribution is -2.35. The fourth-order valence-electron chi connectivity index (χ4n) is 4.45. The second-order valence-electron chi connectivity index (χ2n) is 7.71. The van der Waals surface area contributed by atoms with E-state index in [2.05, 4.69) is 35.0 Å². The van der Waals surface area contributed by atoms with E-state index in [1.54, 1.807) is 0 Å². The summed E-state index contributed by atoms with van der Waals surface area (Å²) in [5.41, 5.74) is 5.57. The Morgan fingerprint density at radius 2 is 2.16 bits per heavy atom. The Hall–Kier alpha value is -1.36. The van der Waals surface area contributed by atoms with Crippen LogP contribution in [0.15, 0.2) is 18.2 Å². The molecule has 4 rings (SSSR count). The summed E-state index contributed by atoms with van der Waals surface area (Å²) in [6.07, 6.45) is 7.11. The number of nitrogens with zero attached hydrogens (tertiary/aromatic N) is 1. The lowest BCUT2D eigenvalue weighted by atomic mass is 9.95. The van der Waals surface area contributed by atoms with Crippen molar-refractivity contribution < 1.29 is 9.84 Å². The van der Waals surface area contributed by atoms with Gasteiger partial charge in [-0.25, -0.2) is 0 Å². The molecule has 0 spiro atoms. The minimum Gasteiger partial charge on any atom is -0.390 e. The molecule has 1 aliphatic carbocycles. The molecule has 0 radical (unpaired) electrons. The van der Waals surface area contributed by atoms with Crippen LogP contribution in [-0.4, -0.2) is 41.6 Å². The number of aryl methyl sites for hydroxylation is 2. The molecule has 2 heterocycles.